The maximum absolute atomic E-state index is 12.4. The minimum absolute atomic E-state index is 0.296. The standard InChI is InChI=1S/C13H23N3O.C3H8/c17-12(11-1-5-14-6-2-11)16-7-3-13(4-8-16)9-15-10-13;1-3-2/h11,14-15H,1-10H2;3H2,1-2H3. The Morgan fingerprint density at radius 1 is 1.10 bits per heavy atom. The van der Waals surface area contributed by atoms with Gasteiger partial charge in [0.15, 0.2) is 0 Å². The average Bonchev–Trinajstić information content (AvgIpc) is 2.47. The largest absolute Gasteiger partial charge is 0.342 e. The molecule has 2 N–H and O–H groups in total. The number of amides is 1. The average molecular weight is 281 g/mol. The van der Waals surface area contributed by atoms with Crippen molar-refractivity contribution >= 4 is 5.91 Å². The number of nitrogens with one attached hydrogen (secondary N) is 2. The number of piperidine rings is 2. The molecular weight excluding hydrogens is 250 g/mol. The molecule has 0 bridgehead atoms. The minimum Gasteiger partial charge on any atom is -0.342 e. The van der Waals surface area contributed by atoms with Crippen LogP contribution in [0.1, 0.15) is 46.0 Å². The second kappa shape index (κ2) is 7.41. The highest BCUT2D eigenvalue weighted by Gasteiger charge is 2.41. The summed E-state index contributed by atoms with van der Waals surface area (Å²) in [6.45, 7) is 10.6. The summed E-state index contributed by atoms with van der Waals surface area (Å²) in [5.74, 6) is 0.721. The molecule has 0 aromatic carbocycles. The molecular formula is C16H31N3O. The molecule has 3 rings (SSSR count). The van der Waals surface area contributed by atoms with Crippen LogP contribution in [0.25, 0.3) is 0 Å². The van der Waals surface area contributed by atoms with Crippen LogP contribution in [0.4, 0.5) is 0 Å². The first-order chi connectivity index (χ1) is 9.71. The Morgan fingerprint density at radius 2 is 1.65 bits per heavy atom. The minimum atomic E-state index is 0.296. The van der Waals surface area contributed by atoms with Gasteiger partial charge in [0.05, 0.1) is 0 Å². The lowest BCUT2D eigenvalue weighted by Crippen LogP contribution is -2.59. The number of carbonyl (C=O) groups excluding carboxylic acids is 1. The third-order valence-corrected chi connectivity index (χ3v) is 4.82. The number of rotatable bonds is 1. The van der Waals surface area contributed by atoms with Gasteiger partial charge in [0.2, 0.25) is 5.91 Å². The molecule has 4 heteroatoms. The zero-order valence-corrected chi connectivity index (χ0v) is 13.2. The molecule has 3 saturated heterocycles. The van der Waals surface area contributed by atoms with Gasteiger partial charge in [-0.2, -0.15) is 0 Å². The fourth-order valence-electron chi connectivity index (χ4n) is 3.36. The van der Waals surface area contributed by atoms with E-state index in [0.29, 0.717) is 17.2 Å². The van der Waals surface area contributed by atoms with Crippen molar-refractivity contribution in [3.05, 3.63) is 0 Å². The molecule has 20 heavy (non-hydrogen) atoms. The molecule has 1 amide bonds. The molecule has 0 aromatic rings. The molecule has 3 aliphatic heterocycles. The van der Waals surface area contributed by atoms with Gasteiger partial charge in [0.1, 0.15) is 0 Å². The van der Waals surface area contributed by atoms with Gasteiger partial charge in [-0.15, -0.1) is 0 Å². The summed E-state index contributed by atoms with van der Waals surface area (Å²) in [6, 6.07) is 0. The van der Waals surface area contributed by atoms with Crippen molar-refractivity contribution in [3.8, 4) is 0 Å². The first kappa shape index (κ1) is 15.8. The van der Waals surface area contributed by atoms with E-state index in [-0.39, 0.29) is 0 Å². The van der Waals surface area contributed by atoms with Gasteiger partial charge in [-0.05, 0) is 44.2 Å². The van der Waals surface area contributed by atoms with Crippen LogP contribution in [0, 0.1) is 11.3 Å². The molecule has 3 fully saturated rings. The number of likely N-dealkylation sites (tertiary alicyclic amines) is 1. The first-order valence-corrected chi connectivity index (χ1v) is 8.41. The van der Waals surface area contributed by atoms with Crippen molar-refractivity contribution < 1.29 is 4.79 Å². The van der Waals surface area contributed by atoms with Gasteiger partial charge in [0, 0.05) is 32.1 Å². The lowest BCUT2D eigenvalue weighted by Gasteiger charge is -2.48. The van der Waals surface area contributed by atoms with Gasteiger partial charge in [-0.25, -0.2) is 0 Å². The van der Waals surface area contributed by atoms with E-state index in [1.807, 2.05) is 0 Å². The van der Waals surface area contributed by atoms with Gasteiger partial charge in [0.25, 0.3) is 0 Å². The van der Waals surface area contributed by atoms with Crippen molar-refractivity contribution in [2.24, 2.45) is 11.3 Å². The predicted octanol–water partition coefficient (Wildman–Crippen LogP) is 1.61. The Balaban J connectivity index is 0.000000452. The summed E-state index contributed by atoms with van der Waals surface area (Å²) >= 11 is 0. The Kier molecular flexibility index (Phi) is 5.85. The summed E-state index contributed by atoms with van der Waals surface area (Å²) in [7, 11) is 0. The summed E-state index contributed by atoms with van der Waals surface area (Å²) < 4.78 is 0. The van der Waals surface area contributed by atoms with E-state index >= 15 is 0 Å². The van der Waals surface area contributed by atoms with Crippen LogP contribution in [0.2, 0.25) is 0 Å². The summed E-state index contributed by atoms with van der Waals surface area (Å²) in [4.78, 5) is 14.5. The van der Waals surface area contributed by atoms with Crippen LogP contribution in [-0.2, 0) is 4.79 Å². The molecule has 3 heterocycles. The maximum atomic E-state index is 12.4. The van der Waals surface area contributed by atoms with Crippen molar-refractivity contribution in [1.29, 1.82) is 0 Å². The van der Waals surface area contributed by atoms with Crippen molar-refractivity contribution in [2.75, 3.05) is 39.3 Å². The number of carbonyl (C=O) groups is 1. The molecule has 116 valence electrons. The quantitative estimate of drug-likeness (QED) is 0.767. The van der Waals surface area contributed by atoms with E-state index in [2.05, 4.69) is 29.4 Å². The van der Waals surface area contributed by atoms with Crippen LogP contribution in [0.5, 0.6) is 0 Å². The molecule has 0 saturated carbocycles. The number of nitrogens with zero attached hydrogens (tertiary/aromatic N) is 1. The normalized spacial score (nSPS) is 25.6. The van der Waals surface area contributed by atoms with Crippen molar-refractivity contribution in [1.82, 2.24) is 15.5 Å². The summed E-state index contributed by atoms with van der Waals surface area (Å²) in [6.07, 6.45) is 5.72. The van der Waals surface area contributed by atoms with E-state index in [4.69, 9.17) is 0 Å². The topological polar surface area (TPSA) is 44.4 Å². The van der Waals surface area contributed by atoms with Crippen LogP contribution in [0.3, 0.4) is 0 Å². The molecule has 4 nitrogen and oxygen atoms in total. The maximum Gasteiger partial charge on any atom is 0.225 e. The Morgan fingerprint density at radius 3 is 2.10 bits per heavy atom. The lowest BCUT2D eigenvalue weighted by molar-refractivity contribution is -0.139. The molecule has 3 aliphatic rings. The second-order valence-corrected chi connectivity index (χ2v) is 6.66. The Hall–Kier alpha value is -0.610. The number of hydrogen-bond donors (Lipinski definition) is 2. The fourth-order valence-corrected chi connectivity index (χ4v) is 3.36. The van der Waals surface area contributed by atoms with Crippen molar-refractivity contribution in [3.63, 3.8) is 0 Å². The Bertz CT molecular complexity index is 299. The van der Waals surface area contributed by atoms with Gasteiger partial charge in [-0.3, -0.25) is 4.79 Å². The lowest BCUT2D eigenvalue weighted by atomic mass is 9.73. The third kappa shape index (κ3) is 3.73. The van der Waals surface area contributed by atoms with Crippen LogP contribution < -0.4 is 10.6 Å². The van der Waals surface area contributed by atoms with Gasteiger partial charge >= 0.3 is 0 Å². The first-order valence-electron chi connectivity index (χ1n) is 8.41. The monoisotopic (exact) mass is 281 g/mol. The Labute approximate surface area is 123 Å². The molecule has 0 radical (unpaired) electrons. The zero-order valence-electron chi connectivity index (χ0n) is 13.2. The summed E-state index contributed by atoms with van der Waals surface area (Å²) in [5, 5.41) is 6.69. The van der Waals surface area contributed by atoms with Crippen molar-refractivity contribution in [2.45, 2.75) is 46.0 Å². The van der Waals surface area contributed by atoms with Crippen LogP contribution in [-0.4, -0.2) is 50.1 Å². The predicted molar refractivity (Wildman–Crippen MR) is 82.7 cm³/mol. The molecule has 0 aromatic heterocycles. The molecule has 1 spiro atoms. The van der Waals surface area contributed by atoms with E-state index in [0.717, 1.165) is 39.0 Å². The summed E-state index contributed by atoms with van der Waals surface area (Å²) in [5.41, 5.74) is 0.547. The highest BCUT2D eigenvalue weighted by atomic mass is 16.2. The van der Waals surface area contributed by atoms with Gasteiger partial charge in [-0.1, -0.05) is 20.3 Å². The fraction of sp³-hybridized carbons (Fsp3) is 0.938. The second-order valence-electron chi connectivity index (χ2n) is 6.66. The van der Waals surface area contributed by atoms with E-state index < -0.39 is 0 Å². The van der Waals surface area contributed by atoms with Crippen LogP contribution in [0.15, 0.2) is 0 Å². The number of hydrogen-bond acceptors (Lipinski definition) is 3. The van der Waals surface area contributed by atoms with E-state index in [9.17, 15) is 4.79 Å². The van der Waals surface area contributed by atoms with E-state index in [1.165, 1.54) is 32.4 Å². The van der Waals surface area contributed by atoms with Crippen LogP contribution >= 0.6 is 0 Å². The molecule has 0 aliphatic carbocycles. The molecule has 0 unspecified atom stereocenters. The molecule has 0 atom stereocenters. The zero-order chi connectivity index (χ0) is 14.4. The highest BCUT2D eigenvalue weighted by Crippen LogP contribution is 2.35. The van der Waals surface area contributed by atoms with Gasteiger partial charge < -0.3 is 15.5 Å². The van der Waals surface area contributed by atoms with E-state index in [1.54, 1.807) is 0 Å². The highest BCUT2D eigenvalue weighted by molar-refractivity contribution is 5.79. The SMILES string of the molecule is CCC.O=C(C1CCNCC1)N1CCC2(CC1)CNC2. The third-order valence-electron chi connectivity index (χ3n) is 4.82. The smallest absolute Gasteiger partial charge is 0.225 e.